The highest BCUT2D eigenvalue weighted by Crippen LogP contribution is 2.42. The van der Waals surface area contributed by atoms with Crippen LogP contribution in [0, 0.1) is 0 Å². The van der Waals surface area contributed by atoms with Gasteiger partial charge in [0.25, 0.3) is 11.8 Å². The predicted octanol–water partition coefficient (Wildman–Crippen LogP) is -1.85. The number of carbonyl (C=O) groups is 6. The minimum atomic E-state index is -1.12. The molecule has 3 fully saturated rings. The molecule has 0 bridgehead atoms. The molecule has 1 aromatic heterocycles. The summed E-state index contributed by atoms with van der Waals surface area (Å²) in [6.07, 6.45) is 2.86. The lowest BCUT2D eigenvalue weighted by molar-refractivity contribution is -0.155. The summed E-state index contributed by atoms with van der Waals surface area (Å²) in [7, 11) is 0. The second-order valence-electron chi connectivity index (χ2n) is 10.1. The molecule has 17 nitrogen and oxygen atoms in total. The van der Waals surface area contributed by atoms with Crippen molar-refractivity contribution in [3.63, 3.8) is 0 Å². The van der Waals surface area contributed by atoms with Crippen molar-refractivity contribution in [3.8, 4) is 0 Å². The number of ketones is 1. The minimum Gasteiger partial charge on any atom is -0.458 e. The summed E-state index contributed by atoms with van der Waals surface area (Å²) in [4.78, 5) is 82.6. The van der Waals surface area contributed by atoms with Gasteiger partial charge in [0.05, 0.1) is 0 Å². The minimum absolute atomic E-state index is 0.0349. The summed E-state index contributed by atoms with van der Waals surface area (Å²) < 4.78 is 13.7. The Labute approximate surface area is 258 Å². The van der Waals surface area contributed by atoms with E-state index < -0.39 is 59.9 Å². The summed E-state index contributed by atoms with van der Waals surface area (Å²) in [6, 6.07) is -1.05. The standard InChI is InChI=1S/C25H28N8O9S2/c1-11(34)41-8-15(35)9-42-24(39)18-13(6-12-3-5-32(21(12)37)14-2-4-27-7-14)10-43-23-17(22(38)33(18)23)28-20(36)16(30-40)19-29-25(26)44-31-19/h6,14,17,23,27,40H,2-5,7-10H2,1H3,(H,28,36)(H2,26,29,31)/t14-,17-,23-/m1/s1. The van der Waals surface area contributed by atoms with Gasteiger partial charge in [-0.2, -0.15) is 9.36 Å². The maximum atomic E-state index is 13.4. The van der Waals surface area contributed by atoms with Gasteiger partial charge in [-0.25, -0.2) is 4.79 Å². The zero-order chi connectivity index (χ0) is 31.5. The topological polar surface area (TPSA) is 236 Å². The van der Waals surface area contributed by atoms with E-state index in [9.17, 15) is 34.0 Å². The van der Waals surface area contributed by atoms with Crippen molar-refractivity contribution >= 4 is 69.6 Å². The number of amides is 3. The summed E-state index contributed by atoms with van der Waals surface area (Å²) in [5.41, 5.74) is 5.63. The van der Waals surface area contributed by atoms with Crippen LogP contribution in [0.15, 0.2) is 28.1 Å². The van der Waals surface area contributed by atoms with Gasteiger partial charge in [-0.05, 0) is 31.0 Å². The first-order chi connectivity index (χ1) is 21.1. The van der Waals surface area contributed by atoms with E-state index in [-0.39, 0.29) is 34.4 Å². The Bertz CT molecular complexity index is 1500. The number of ether oxygens (including phenoxy) is 2. The number of anilines is 1. The van der Waals surface area contributed by atoms with Crippen LogP contribution in [0.2, 0.25) is 0 Å². The van der Waals surface area contributed by atoms with Gasteiger partial charge < -0.3 is 35.9 Å². The number of nitrogen functional groups attached to an aromatic ring is 1. The van der Waals surface area contributed by atoms with Crippen LogP contribution in [-0.2, 0) is 38.2 Å². The molecule has 3 amide bonds. The highest BCUT2D eigenvalue weighted by Gasteiger charge is 2.55. The fourth-order valence-electron chi connectivity index (χ4n) is 5.15. The van der Waals surface area contributed by atoms with Crippen LogP contribution < -0.4 is 16.4 Å². The number of hydrogen-bond donors (Lipinski definition) is 4. The Morgan fingerprint density at radius 2 is 2.02 bits per heavy atom. The van der Waals surface area contributed by atoms with E-state index >= 15 is 0 Å². The SMILES string of the molecule is CC(=O)OCC(=O)COC(=O)C1=C(C=C2CCN([C@@H]3CCNC3)C2=O)CS[C@@H]2[C@H](NC(=O)C(=NO)c3nsc(N)n3)C(=O)N12. The molecule has 3 atom stereocenters. The highest BCUT2D eigenvalue weighted by molar-refractivity contribution is 8.00. The molecule has 5 N–H and O–H groups in total. The molecule has 1 aromatic rings. The van der Waals surface area contributed by atoms with E-state index in [0.717, 1.165) is 36.3 Å². The number of likely N-dealkylation sites (tertiary alicyclic amines) is 1. The molecule has 4 aliphatic rings. The Balaban J connectivity index is 1.36. The molecular weight excluding hydrogens is 620 g/mol. The third-order valence-electron chi connectivity index (χ3n) is 7.23. The zero-order valence-corrected chi connectivity index (χ0v) is 24.9. The first-order valence-corrected chi connectivity index (χ1v) is 15.3. The van der Waals surface area contributed by atoms with Gasteiger partial charge >= 0.3 is 11.9 Å². The van der Waals surface area contributed by atoms with E-state index in [4.69, 9.17) is 10.5 Å². The molecular formula is C25H28N8O9S2. The van der Waals surface area contributed by atoms with E-state index in [2.05, 4.69) is 29.9 Å². The van der Waals surface area contributed by atoms with E-state index in [1.807, 2.05) is 0 Å². The lowest BCUT2D eigenvalue weighted by Gasteiger charge is -2.49. The summed E-state index contributed by atoms with van der Waals surface area (Å²) in [6.45, 7) is 1.85. The van der Waals surface area contributed by atoms with Gasteiger partial charge in [0.15, 0.2) is 18.3 Å². The molecule has 4 aliphatic heterocycles. The second-order valence-corrected chi connectivity index (χ2v) is 12.0. The normalized spacial score (nSPS) is 24.3. The Hall–Kier alpha value is -4.36. The van der Waals surface area contributed by atoms with Crippen molar-refractivity contribution in [1.82, 2.24) is 29.8 Å². The zero-order valence-electron chi connectivity index (χ0n) is 23.3. The predicted molar refractivity (Wildman–Crippen MR) is 153 cm³/mol. The maximum absolute atomic E-state index is 13.4. The third kappa shape index (κ3) is 6.29. The average molecular weight is 649 g/mol. The maximum Gasteiger partial charge on any atom is 0.355 e. The first kappa shape index (κ1) is 31.1. The number of nitrogens with zero attached hydrogens (tertiary/aromatic N) is 5. The second kappa shape index (κ2) is 13.1. The Morgan fingerprint density at radius 3 is 2.68 bits per heavy atom. The van der Waals surface area contributed by atoms with Crippen molar-refractivity contribution in [2.75, 3.05) is 44.3 Å². The van der Waals surface area contributed by atoms with Crippen molar-refractivity contribution in [3.05, 3.63) is 28.7 Å². The molecule has 5 heterocycles. The number of esters is 2. The van der Waals surface area contributed by atoms with Gasteiger partial charge in [0, 0.05) is 48.9 Å². The molecule has 5 rings (SSSR count). The smallest absolute Gasteiger partial charge is 0.355 e. The number of rotatable bonds is 10. The molecule has 19 heteroatoms. The lowest BCUT2D eigenvalue weighted by Crippen LogP contribution is -2.71. The van der Waals surface area contributed by atoms with Gasteiger partial charge in [-0.1, -0.05) is 5.16 Å². The number of carbonyl (C=O) groups excluding carboxylic acids is 6. The fraction of sp³-hybridized carbons (Fsp3) is 0.480. The van der Waals surface area contributed by atoms with E-state index in [1.54, 1.807) is 11.0 Å². The Morgan fingerprint density at radius 1 is 1.25 bits per heavy atom. The van der Waals surface area contributed by atoms with Crippen LogP contribution in [0.5, 0.6) is 0 Å². The van der Waals surface area contributed by atoms with Crippen LogP contribution in [0.4, 0.5) is 5.13 Å². The quantitative estimate of drug-likeness (QED) is 0.0544. The number of fused-ring (bicyclic) bond motifs is 1. The summed E-state index contributed by atoms with van der Waals surface area (Å²) >= 11 is 2.01. The van der Waals surface area contributed by atoms with Crippen LogP contribution in [0.25, 0.3) is 0 Å². The van der Waals surface area contributed by atoms with Gasteiger partial charge in [0.2, 0.25) is 23.2 Å². The molecule has 0 spiro atoms. The van der Waals surface area contributed by atoms with Crippen molar-refractivity contribution in [2.24, 2.45) is 5.16 Å². The van der Waals surface area contributed by atoms with Crippen LogP contribution in [0.1, 0.15) is 25.6 Å². The molecule has 0 radical (unpaired) electrons. The number of aromatic nitrogens is 2. The van der Waals surface area contributed by atoms with Crippen LogP contribution >= 0.6 is 23.3 Å². The van der Waals surface area contributed by atoms with Gasteiger partial charge in [-0.15, -0.1) is 11.8 Å². The van der Waals surface area contributed by atoms with Crippen molar-refractivity contribution in [1.29, 1.82) is 0 Å². The average Bonchev–Trinajstić information content (AvgIpc) is 3.76. The van der Waals surface area contributed by atoms with E-state index in [1.165, 1.54) is 11.8 Å². The number of oxime groups is 1. The molecule has 234 valence electrons. The number of nitrogens with two attached hydrogens (primary N) is 1. The number of nitrogens with one attached hydrogen (secondary N) is 2. The van der Waals surface area contributed by atoms with E-state index in [0.29, 0.717) is 30.7 Å². The molecule has 3 saturated heterocycles. The largest absolute Gasteiger partial charge is 0.458 e. The van der Waals surface area contributed by atoms with Gasteiger partial charge in [-0.3, -0.25) is 28.9 Å². The number of β-lactam (4-membered cyclic amide) rings is 1. The Kier molecular flexibility index (Phi) is 9.25. The van der Waals surface area contributed by atoms with Gasteiger partial charge in [0.1, 0.15) is 17.1 Å². The molecule has 0 unspecified atom stereocenters. The molecule has 0 aliphatic carbocycles. The van der Waals surface area contributed by atoms with Crippen LogP contribution in [-0.4, -0.2) is 122 Å². The third-order valence-corrected chi connectivity index (χ3v) is 9.07. The molecule has 0 aromatic carbocycles. The highest BCUT2D eigenvalue weighted by atomic mass is 32.2. The lowest BCUT2D eigenvalue weighted by atomic mass is 10.0. The van der Waals surface area contributed by atoms with Crippen LogP contribution in [0.3, 0.4) is 0 Å². The van der Waals surface area contributed by atoms with Crippen molar-refractivity contribution in [2.45, 2.75) is 37.2 Å². The summed E-state index contributed by atoms with van der Waals surface area (Å²) in [5, 5.41) is 17.3. The summed E-state index contributed by atoms with van der Waals surface area (Å²) in [5.74, 6) is -4.21. The number of Topliss-reactive ketones (excluding diaryl/α,β-unsaturated/α-hetero) is 1. The molecule has 44 heavy (non-hydrogen) atoms. The monoisotopic (exact) mass is 648 g/mol. The number of hydrogen-bond acceptors (Lipinski definition) is 16. The van der Waals surface area contributed by atoms with Crippen molar-refractivity contribution < 1.29 is 43.4 Å². The number of thioether (sulfide) groups is 1. The molecule has 0 saturated carbocycles. The first-order valence-electron chi connectivity index (χ1n) is 13.4. The number of allylic oxidation sites excluding steroid dienone is 1. The fourth-order valence-corrected chi connectivity index (χ4v) is 6.89.